The first-order chi connectivity index (χ1) is 13.7. The molecule has 0 saturated heterocycles. The van der Waals surface area contributed by atoms with Gasteiger partial charge in [0.25, 0.3) is 5.91 Å². The molecule has 2 aromatic rings. The first kappa shape index (κ1) is 24.5. The molecule has 0 aliphatic rings. The van der Waals surface area contributed by atoms with Gasteiger partial charge in [0.1, 0.15) is 0 Å². The van der Waals surface area contributed by atoms with Gasteiger partial charge in [-0.1, -0.05) is 6.07 Å². The van der Waals surface area contributed by atoms with E-state index in [0.717, 1.165) is 12.1 Å². The molecule has 1 aromatic carbocycles. The lowest BCUT2D eigenvalue weighted by Crippen LogP contribution is -2.41. The van der Waals surface area contributed by atoms with E-state index >= 15 is 0 Å². The third-order valence-corrected chi connectivity index (χ3v) is 3.84. The zero-order valence-electron chi connectivity index (χ0n) is 16.9. The van der Waals surface area contributed by atoms with E-state index in [0.29, 0.717) is 42.7 Å². The predicted molar refractivity (Wildman–Crippen MR) is 124 cm³/mol. The van der Waals surface area contributed by atoms with Crippen LogP contribution in [-0.4, -0.2) is 50.7 Å². The number of halogens is 1. The topological polar surface area (TPSA) is 96.9 Å². The number of rotatable bonds is 9. The largest absolute Gasteiger partial charge is 0.493 e. The molecule has 2 rings (SSSR count). The highest BCUT2D eigenvalue weighted by Crippen LogP contribution is 2.27. The predicted octanol–water partition coefficient (Wildman–Crippen LogP) is 2.20. The molecule has 1 heterocycles. The summed E-state index contributed by atoms with van der Waals surface area (Å²) in [7, 11) is 3.21. The highest BCUT2D eigenvalue weighted by molar-refractivity contribution is 14.0. The molecule has 0 unspecified atom stereocenters. The van der Waals surface area contributed by atoms with Crippen LogP contribution in [-0.2, 0) is 6.54 Å². The summed E-state index contributed by atoms with van der Waals surface area (Å²) in [6.45, 7) is 4.23. The highest BCUT2D eigenvalue weighted by Gasteiger charge is 2.06. The van der Waals surface area contributed by atoms with Gasteiger partial charge >= 0.3 is 0 Å². The fourth-order valence-corrected chi connectivity index (χ4v) is 2.45. The van der Waals surface area contributed by atoms with Crippen LogP contribution in [0.15, 0.2) is 47.7 Å². The summed E-state index contributed by atoms with van der Waals surface area (Å²) in [5.41, 5.74) is 1.54. The summed E-state index contributed by atoms with van der Waals surface area (Å²) in [5, 5.41) is 9.23. The number of aromatic nitrogens is 1. The van der Waals surface area contributed by atoms with Crippen LogP contribution in [0.2, 0.25) is 0 Å². The van der Waals surface area contributed by atoms with E-state index in [1.54, 1.807) is 32.5 Å². The number of carbonyl (C=O) groups excluding carboxylic acids is 1. The summed E-state index contributed by atoms with van der Waals surface area (Å²) in [5.74, 6) is 1.88. The number of carbonyl (C=O) groups is 1. The molecule has 0 aliphatic carbocycles. The van der Waals surface area contributed by atoms with Gasteiger partial charge in [0, 0.05) is 32.0 Å². The highest BCUT2D eigenvalue weighted by atomic mass is 127. The Morgan fingerprint density at radius 2 is 1.83 bits per heavy atom. The molecule has 8 nitrogen and oxygen atoms in total. The Morgan fingerprint density at radius 1 is 1.07 bits per heavy atom. The van der Waals surface area contributed by atoms with E-state index in [1.807, 2.05) is 25.1 Å². The molecule has 1 aromatic heterocycles. The summed E-state index contributed by atoms with van der Waals surface area (Å²) in [6, 6.07) is 9.17. The van der Waals surface area contributed by atoms with Gasteiger partial charge in [0.15, 0.2) is 17.5 Å². The smallest absolute Gasteiger partial charge is 0.252 e. The van der Waals surface area contributed by atoms with Gasteiger partial charge in [-0.15, -0.1) is 24.0 Å². The third-order valence-electron chi connectivity index (χ3n) is 3.84. The minimum absolute atomic E-state index is 0. The van der Waals surface area contributed by atoms with Crippen molar-refractivity contribution in [3.63, 3.8) is 0 Å². The molecule has 0 atom stereocenters. The van der Waals surface area contributed by atoms with Crippen LogP contribution in [0.5, 0.6) is 11.5 Å². The maximum Gasteiger partial charge on any atom is 0.252 e. The van der Waals surface area contributed by atoms with E-state index in [9.17, 15) is 4.79 Å². The maximum atomic E-state index is 12.0. The molecular weight excluding hydrogens is 485 g/mol. The van der Waals surface area contributed by atoms with E-state index in [1.165, 1.54) is 6.20 Å². The maximum absolute atomic E-state index is 12.0. The van der Waals surface area contributed by atoms with Crippen molar-refractivity contribution in [1.82, 2.24) is 20.9 Å². The van der Waals surface area contributed by atoms with E-state index in [4.69, 9.17) is 9.47 Å². The summed E-state index contributed by atoms with van der Waals surface area (Å²) < 4.78 is 10.6. The van der Waals surface area contributed by atoms with E-state index < -0.39 is 0 Å². The molecule has 1 amide bonds. The van der Waals surface area contributed by atoms with Crippen molar-refractivity contribution in [3.8, 4) is 11.5 Å². The van der Waals surface area contributed by atoms with Gasteiger partial charge in [-0.05, 0) is 36.8 Å². The number of methoxy groups -OCH3 is 2. The second-order valence-electron chi connectivity index (χ2n) is 5.81. The number of amides is 1. The molecule has 158 valence electrons. The van der Waals surface area contributed by atoms with Crippen molar-refractivity contribution in [2.75, 3.05) is 33.9 Å². The lowest BCUT2D eigenvalue weighted by Gasteiger charge is -2.12. The second-order valence-corrected chi connectivity index (χ2v) is 5.81. The van der Waals surface area contributed by atoms with E-state index in [-0.39, 0.29) is 29.9 Å². The number of pyridine rings is 1. The molecule has 0 saturated carbocycles. The molecule has 3 N–H and O–H groups in total. The Labute approximate surface area is 188 Å². The Balaban J connectivity index is 0.00000420. The molecule has 0 spiro atoms. The molecule has 0 bridgehead atoms. The van der Waals surface area contributed by atoms with Crippen LogP contribution in [0, 0.1) is 0 Å². The molecular formula is C20H28IN5O3. The van der Waals surface area contributed by atoms with Crippen molar-refractivity contribution >= 4 is 35.8 Å². The van der Waals surface area contributed by atoms with Crippen LogP contribution < -0.4 is 25.4 Å². The lowest BCUT2D eigenvalue weighted by molar-refractivity contribution is 0.0954. The normalized spacial score (nSPS) is 10.5. The van der Waals surface area contributed by atoms with Crippen molar-refractivity contribution in [3.05, 3.63) is 53.9 Å². The number of nitrogens with zero attached hydrogens (tertiary/aromatic N) is 2. The molecule has 0 aliphatic heterocycles. The number of hydrogen-bond acceptors (Lipinski definition) is 5. The second kappa shape index (κ2) is 13.6. The SMILES string of the molecule is CCNC(=NCc1ccc(OC)c(OC)c1)NCCNC(=O)c1cccnc1.I. The number of aliphatic imine (C=N–C) groups is 1. The fourth-order valence-electron chi connectivity index (χ4n) is 2.45. The molecule has 0 fully saturated rings. The number of benzene rings is 1. The van der Waals surface area contributed by atoms with Crippen LogP contribution >= 0.6 is 24.0 Å². The fraction of sp³-hybridized carbons (Fsp3) is 0.350. The monoisotopic (exact) mass is 513 g/mol. The average molecular weight is 513 g/mol. The summed E-state index contributed by atoms with van der Waals surface area (Å²) in [6.07, 6.45) is 3.17. The van der Waals surface area contributed by atoms with Gasteiger partial charge in [0.05, 0.1) is 26.3 Å². The van der Waals surface area contributed by atoms with Crippen LogP contribution in [0.1, 0.15) is 22.8 Å². The Hall–Kier alpha value is -2.56. The quantitative estimate of drug-likeness (QED) is 0.206. The average Bonchev–Trinajstić information content (AvgIpc) is 2.75. The molecule has 0 radical (unpaired) electrons. The van der Waals surface area contributed by atoms with E-state index in [2.05, 4.69) is 25.9 Å². The number of guanidine groups is 1. The first-order valence-corrected chi connectivity index (χ1v) is 9.09. The van der Waals surface area contributed by atoms with Gasteiger partial charge in [0.2, 0.25) is 0 Å². The van der Waals surface area contributed by atoms with Crippen molar-refractivity contribution in [1.29, 1.82) is 0 Å². The Bertz CT molecular complexity index is 787. The summed E-state index contributed by atoms with van der Waals surface area (Å²) >= 11 is 0. The van der Waals surface area contributed by atoms with Gasteiger partial charge < -0.3 is 25.4 Å². The molecule has 29 heavy (non-hydrogen) atoms. The minimum Gasteiger partial charge on any atom is -0.493 e. The first-order valence-electron chi connectivity index (χ1n) is 9.09. The van der Waals surface area contributed by atoms with Crippen LogP contribution in [0.3, 0.4) is 0 Å². The summed E-state index contributed by atoms with van der Waals surface area (Å²) in [4.78, 5) is 20.5. The van der Waals surface area contributed by atoms with Crippen LogP contribution in [0.4, 0.5) is 0 Å². The Morgan fingerprint density at radius 3 is 2.48 bits per heavy atom. The zero-order chi connectivity index (χ0) is 20.2. The van der Waals surface area contributed by atoms with Crippen LogP contribution in [0.25, 0.3) is 0 Å². The van der Waals surface area contributed by atoms with Gasteiger partial charge in [-0.2, -0.15) is 0 Å². The Kier molecular flexibility index (Phi) is 11.5. The van der Waals surface area contributed by atoms with Crippen molar-refractivity contribution < 1.29 is 14.3 Å². The van der Waals surface area contributed by atoms with Crippen molar-refractivity contribution in [2.45, 2.75) is 13.5 Å². The third kappa shape index (κ3) is 8.14. The number of hydrogen-bond donors (Lipinski definition) is 3. The molecule has 9 heteroatoms. The number of ether oxygens (including phenoxy) is 2. The van der Waals surface area contributed by atoms with Crippen molar-refractivity contribution in [2.24, 2.45) is 4.99 Å². The number of nitrogens with one attached hydrogen (secondary N) is 3. The van der Waals surface area contributed by atoms with Gasteiger partial charge in [-0.3, -0.25) is 9.78 Å². The minimum atomic E-state index is -0.151. The standard InChI is InChI=1S/C20H27N5O3.HI/c1-4-22-20(24-11-10-23-19(26)16-6-5-9-21-14-16)25-13-15-7-8-17(27-2)18(12-15)28-3;/h5-9,12,14H,4,10-11,13H2,1-3H3,(H,23,26)(H2,22,24,25);1H. The lowest BCUT2D eigenvalue weighted by atomic mass is 10.2. The zero-order valence-corrected chi connectivity index (χ0v) is 19.2. The van der Waals surface area contributed by atoms with Gasteiger partial charge in [-0.25, -0.2) is 4.99 Å².